The van der Waals surface area contributed by atoms with Crippen LogP contribution in [0.25, 0.3) is 0 Å². The number of carbonyl (C=O) groups excluding carboxylic acids is 1. The Balaban J connectivity index is 1.53. The Hall–Kier alpha value is -2.38. The molecule has 2 aromatic rings. The third kappa shape index (κ3) is 4.28. The van der Waals surface area contributed by atoms with E-state index in [-0.39, 0.29) is 11.8 Å². The first-order chi connectivity index (χ1) is 15.6. The lowest BCUT2D eigenvalue weighted by molar-refractivity contribution is -0.123. The van der Waals surface area contributed by atoms with Crippen molar-refractivity contribution >= 4 is 21.6 Å². The zero-order valence-corrected chi connectivity index (χ0v) is 21.1. The van der Waals surface area contributed by atoms with Gasteiger partial charge in [-0.25, -0.2) is 8.42 Å². The lowest BCUT2D eigenvalue weighted by Gasteiger charge is -2.37. The molecule has 2 heterocycles. The van der Waals surface area contributed by atoms with E-state index in [1.54, 1.807) is 11.4 Å². The van der Waals surface area contributed by atoms with Gasteiger partial charge < -0.3 is 9.64 Å². The summed E-state index contributed by atoms with van der Waals surface area (Å²) < 4.78 is 34.0. The number of piperidine rings is 1. The van der Waals surface area contributed by atoms with Crippen molar-refractivity contribution in [3.8, 4) is 5.75 Å². The fraction of sp³-hybridized carbons (Fsp3) is 0.500. The lowest BCUT2D eigenvalue weighted by Crippen LogP contribution is -2.46. The van der Waals surface area contributed by atoms with Gasteiger partial charge >= 0.3 is 0 Å². The molecule has 0 atom stereocenters. The van der Waals surface area contributed by atoms with E-state index in [1.165, 1.54) is 11.1 Å². The third-order valence-corrected chi connectivity index (χ3v) is 9.25. The number of aryl methyl sites for hydroxylation is 4. The summed E-state index contributed by atoms with van der Waals surface area (Å²) in [5.74, 6) is 0.626. The highest BCUT2D eigenvalue weighted by atomic mass is 32.2. The molecule has 0 saturated carbocycles. The second kappa shape index (κ2) is 9.11. The highest BCUT2D eigenvalue weighted by Crippen LogP contribution is 2.40. The van der Waals surface area contributed by atoms with Crippen LogP contribution >= 0.6 is 0 Å². The van der Waals surface area contributed by atoms with Crippen molar-refractivity contribution in [1.82, 2.24) is 4.31 Å². The SMILES string of the molecule is COc1ccc(C)c2c1N(C(=O)C1CCN(S(=O)(=O)c3c(C)cc(C)cc3C)CC1)CCC2. The summed E-state index contributed by atoms with van der Waals surface area (Å²) in [6.07, 6.45) is 2.92. The van der Waals surface area contributed by atoms with Gasteiger partial charge in [0, 0.05) is 25.6 Å². The maximum atomic E-state index is 13.6. The summed E-state index contributed by atoms with van der Waals surface area (Å²) in [6.45, 7) is 9.15. The summed E-state index contributed by atoms with van der Waals surface area (Å²) in [4.78, 5) is 15.9. The molecule has 33 heavy (non-hydrogen) atoms. The Kier molecular flexibility index (Phi) is 6.56. The van der Waals surface area contributed by atoms with E-state index >= 15 is 0 Å². The first-order valence-electron chi connectivity index (χ1n) is 11.7. The molecule has 2 aromatic carbocycles. The van der Waals surface area contributed by atoms with Crippen molar-refractivity contribution in [2.24, 2.45) is 5.92 Å². The van der Waals surface area contributed by atoms with Gasteiger partial charge in [-0.05, 0) is 81.7 Å². The quantitative estimate of drug-likeness (QED) is 0.668. The van der Waals surface area contributed by atoms with Crippen LogP contribution in [0.15, 0.2) is 29.2 Å². The number of nitrogens with zero attached hydrogens (tertiary/aromatic N) is 2. The Labute approximate surface area is 197 Å². The Morgan fingerprint density at radius 1 is 0.970 bits per heavy atom. The van der Waals surface area contributed by atoms with Crippen molar-refractivity contribution in [3.63, 3.8) is 0 Å². The molecule has 178 valence electrons. The zero-order chi connectivity index (χ0) is 23.9. The van der Waals surface area contributed by atoms with Gasteiger partial charge in [0.15, 0.2) is 0 Å². The molecule has 1 amide bonds. The van der Waals surface area contributed by atoms with Gasteiger partial charge in [-0.15, -0.1) is 0 Å². The summed E-state index contributed by atoms with van der Waals surface area (Å²) in [5, 5.41) is 0. The average Bonchev–Trinajstić information content (AvgIpc) is 2.78. The number of hydrogen-bond donors (Lipinski definition) is 0. The fourth-order valence-electron chi connectivity index (χ4n) is 5.50. The van der Waals surface area contributed by atoms with Gasteiger partial charge in [-0.1, -0.05) is 23.8 Å². The predicted octanol–water partition coefficient (Wildman–Crippen LogP) is 4.31. The first kappa shape index (κ1) is 23.8. The molecular weight excluding hydrogens is 436 g/mol. The monoisotopic (exact) mass is 470 g/mol. The number of ether oxygens (including phenoxy) is 1. The molecule has 0 spiro atoms. The maximum absolute atomic E-state index is 13.6. The number of fused-ring (bicyclic) bond motifs is 1. The van der Waals surface area contributed by atoms with Gasteiger partial charge in [0.2, 0.25) is 15.9 Å². The third-order valence-electron chi connectivity index (χ3n) is 7.05. The molecule has 7 heteroatoms. The van der Waals surface area contributed by atoms with Crippen LogP contribution in [0.5, 0.6) is 5.75 Å². The molecule has 2 aliphatic heterocycles. The minimum absolute atomic E-state index is 0.0830. The standard InChI is InChI=1S/C26H34N2O4S/c1-17-15-19(3)25(20(4)16-17)33(30,31)27-13-10-21(11-14-27)26(29)28-12-6-7-22-18(2)8-9-23(32-5)24(22)28/h8-9,15-16,21H,6-7,10-14H2,1-5H3. The number of hydrogen-bond acceptors (Lipinski definition) is 4. The second-order valence-corrected chi connectivity index (χ2v) is 11.3. The highest BCUT2D eigenvalue weighted by Gasteiger charge is 2.37. The topological polar surface area (TPSA) is 66.9 Å². The van der Waals surface area contributed by atoms with Crippen LogP contribution < -0.4 is 9.64 Å². The maximum Gasteiger partial charge on any atom is 0.243 e. The van der Waals surface area contributed by atoms with Crippen LogP contribution in [0.1, 0.15) is 47.1 Å². The number of amides is 1. The van der Waals surface area contributed by atoms with Crippen molar-refractivity contribution < 1.29 is 17.9 Å². The van der Waals surface area contributed by atoms with Crippen LogP contribution in [-0.4, -0.2) is 45.4 Å². The van der Waals surface area contributed by atoms with E-state index in [2.05, 4.69) is 6.92 Å². The van der Waals surface area contributed by atoms with E-state index in [4.69, 9.17) is 4.74 Å². The number of carbonyl (C=O) groups is 1. The Bertz CT molecular complexity index is 1160. The van der Waals surface area contributed by atoms with Gasteiger partial charge in [-0.3, -0.25) is 4.79 Å². The number of methoxy groups -OCH3 is 1. The van der Waals surface area contributed by atoms with Crippen LogP contribution in [0, 0.1) is 33.6 Å². The van der Waals surface area contributed by atoms with Crippen molar-refractivity contribution in [1.29, 1.82) is 0 Å². The molecule has 2 aliphatic rings. The molecule has 0 aromatic heterocycles. The van der Waals surface area contributed by atoms with Crippen molar-refractivity contribution in [2.75, 3.05) is 31.6 Å². The Morgan fingerprint density at radius 3 is 2.21 bits per heavy atom. The lowest BCUT2D eigenvalue weighted by atomic mass is 9.92. The molecule has 1 fully saturated rings. The predicted molar refractivity (Wildman–Crippen MR) is 131 cm³/mol. The van der Waals surface area contributed by atoms with Gasteiger partial charge in [0.05, 0.1) is 17.7 Å². The number of sulfonamides is 1. The molecule has 0 bridgehead atoms. The van der Waals surface area contributed by atoms with E-state index < -0.39 is 10.0 Å². The van der Waals surface area contributed by atoms with E-state index in [9.17, 15) is 13.2 Å². The minimum atomic E-state index is -3.59. The number of anilines is 1. The zero-order valence-electron chi connectivity index (χ0n) is 20.3. The van der Waals surface area contributed by atoms with Crippen LogP contribution in [0.2, 0.25) is 0 Å². The van der Waals surface area contributed by atoms with Gasteiger partial charge in [0.25, 0.3) is 0 Å². The summed E-state index contributed by atoms with van der Waals surface area (Å²) in [6, 6.07) is 7.81. The number of benzene rings is 2. The summed E-state index contributed by atoms with van der Waals surface area (Å²) in [5.41, 5.74) is 5.86. The van der Waals surface area contributed by atoms with Crippen LogP contribution in [-0.2, 0) is 21.2 Å². The minimum Gasteiger partial charge on any atom is -0.495 e. The van der Waals surface area contributed by atoms with Crippen LogP contribution in [0.3, 0.4) is 0 Å². The van der Waals surface area contributed by atoms with E-state index in [0.717, 1.165) is 41.0 Å². The molecule has 0 unspecified atom stereocenters. The molecule has 6 nitrogen and oxygen atoms in total. The average molecular weight is 471 g/mol. The fourth-order valence-corrected chi connectivity index (χ4v) is 7.39. The van der Waals surface area contributed by atoms with Crippen molar-refractivity contribution in [2.45, 2.75) is 58.3 Å². The van der Waals surface area contributed by atoms with Gasteiger partial charge in [-0.2, -0.15) is 4.31 Å². The molecule has 1 saturated heterocycles. The molecule has 0 radical (unpaired) electrons. The van der Waals surface area contributed by atoms with E-state index in [1.807, 2.05) is 49.9 Å². The van der Waals surface area contributed by atoms with E-state index in [0.29, 0.717) is 37.4 Å². The summed E-state index contributed by atoms with van der Waals surface area (Å²) in [7, 11) is -1.95. The Morgan fingerprint density at radius 2 is 1.61 bits per heavy atom. The largest absolute Gasteiger partial charge is 0.495 e. The molecule has 4 rings (SSSR count). The van der Waals surface area contributed by atoms with Crippen LogP contribution in [0.4, 0.5) is 5.69 Å². The molecule has 0 N–H and O–H groups in total. The normalized spacial score (nSPS) is 17.7. The smallest absolute Gasteiger partial charge is 0.243 e. The molecule has 0 aliphatic carbocycles. The highest BCUT2D eigenvalue weighted by molar-refractivity contribution is 7.89. The van der Waals surface area contributed by atoms with Gasteiger partial charge in [0.1, 0.15) is 5.75 Å². The van der Waals surface area contributed by atoms with Crippen molar-refractivity contribution in [3.05, 3.63) is 52.1 Å². The first-order valence-corrected chi connectivity index (χ1v) is 13.1. The second-order valence-electron chi connectivity index (χ2n) is 9.41. The summed E-state index contributed by atoms with van der Waals surface area (Å²) >= 11 is 0. The molecular formula is C26H34N2O4S. The number of rotatable bonds is 4.